The second-order valence-electron chi connectivity index (χ2n) is 9.94. The van der Waals surface area contributed by atoms with E-state index in [9.17, 15) is 24.9 Å². The van der Waals surface area contributed by atoms with E-state index in [0.717, 1.165) is 0 Å². The molecule has 0 aromatic heterocycles. The quantitative estimate of drug-likeness (QED) is 0.488. The highest BCUT2D eigenvalue weighted by atomic mass is 16.6. The van der Waals surface area contributed by atoms with Crippen molar-refractivity contribution in [2.75, 3.05) is 6.61 Å². The number of esters is 1. The Hall–Kier alpha value is -1.50. The third-order valence-corrected chi connectivity index (χ3v) is 8.20. The first-order chi connectivity index (χ1) is 12.9. The first-order valence-electron chi connectivity index (χ1n) is 10.0. The fraction of sp³-hybridized carbons (Fsp3) is 0.727. The SMILES string of the molecule is CC(=O)O[C@@]12C[C@H](C)[C@]3(O)[C@H](C=C(CO)C[C@@]4(O)C(=O)C(C)=C[C@@H]34)[C@@H]1C2(C)C. The van der Waals surface area contributed by atoms with Gasteiger partial charge in [0.25, 0.3) is 0 Å². The molecule has 6 nitrogen and oxygen atoms in total. The van der Waals surface area contributed by atoms with Crippen LogP contribution in [0.2, 0.25) is 0 Å². The number of hydrogen-bond donors (Lipinski definition) is 3. The summed E-state index contributed by atoms with van der Waals surface area (Å²) in [5.74, 6) is -2.42. The van der Waals surface area contributed by atoms with E-state index < -0.39 is 28.6 Å². The summed E-state index contributed by atoms with van der Waals surface area (Å²) in [6, 6.07) is 0. The highest BCUT2D eigenvalue weighted by Gasteiger charge is 2.83. The van der Waals surface area contributed by atoms with Crippen molar-refractivity contribution in [1.82, 2.24) is 0 Å². The fourth-order valence-electron chi connectivity index (χ4n) is 6.85. The Morgan fingerprint density at radius 3 is 2.50 bits per heavy atom. The van der Waals surface area contributed by atoms with Gasteiger partial charge in [-0.2, -0.15) is 0 Å². The van der Waals surface area contributed by atoms with E-state index in [2.05, 4.69) is 0 Å². The van der Waals surface area contributed by atoms with Gasteiger partial charge in [-0.3, -0.25) is 9.59 Å². The van der Waals surface area contributed by atoms with Crippen molar-refractivity contribution >= 4 is 11.8 Å². The van der Waals surface area contributed by atoms with Gasteiger partial charge in [0.05, 0.1) is 12.2 Å². The molecule has 7 atom stereocenters. The molecule has 28 heavy (non-hydrogen) atoms. The van der Waals surface area contributed by atoms with Crippen molar-refractivity contribution in [3.05, 3.63) is 23.3 Å². The molecular formula is C22H30O6. The minimum absolute atomic E-state index is 0.0000834. The summed E-state index contributed by atoms with van der Waals surface area (Å²) in [6.45, 7) is 8.72. The number of ketones is 1. The Morgan fingerprint density at radius 2 is 1.93 bits per heavy atom. The van der Waals surface area contributed by atoms with Crippen LogP contribution in [0.15, 0.2) is 23.3 Å². The summed E-state index contributed by atoms with van der Waals surface area (Å²) in [6.07, 6.45) is 4.00. The number of Topliss-reactive ketones (excluding diaryl/α,β-unsaturated/α-hetero) is 1. The summed E-state index contributed by atoms with van der Waals surface area (Å²) in [4.78, 5) is 24.7. The first-order valence-corrected chi connectivity index (χ1v) is 10.0. The van der Waals surface area contributed by atoms with E-state index in [-0.39, 0.29) is 42.0 Å². The van der Waals surface area contributed by atoms with Crippen LogP contribution in [-0.4, -0.2) is 50.5 Å². The van der Waals surface area contributed by atoms with Crippen LogP contribution in [0.1, 0.15) is 47.5 Å². The third kappa shape index (κ3) is 2.09. The molecule has 0 aliphatic heterocycles. The van der Waals surface area contributed by atoms with Crippen LogP contribution in [0.3, 0.4) is 0 Å². The molecule has 6 heteroatoms. The van der Waals surface area contributed by atoms with Crippen LogP contribution in [0, 0.1) is 29.1 Å². The largest absolute Gasteiger partial charge is 0.458 e. The number of carbonyl (C=O) groups excluding carboxylic acids is 2. The summed E-state index contributed by atoms with van der Waals surface area (Å²) in [5.41, 5.74) is -3.19. The van der Waals surface area contributed by atoms with Gasteiger partial charge in [0.2, 0.25) is 0 Å². The van der Waals surface area contributed by atoms with E-state index in [1.165, 1.54) is 6.92 Å². The summed E-state index contributed by atoms with van der Waals surface area (Å²) >= 11 is 0. The second-order valence-corrected chi connectivity index (χ2v) is 9.94. The Kier molecular flexibility index (Phi) is 3.93. The van der Waals surface area contributed by atoms with Gasteiger partial charge >= 0.3 is 5.97 Å². The molecule has 0 aromatic carbocycles. The molecule has 4 aliphatic carbocycles. The van der Waals surface area contributed by atoms with Gasteiger partial charge in [-0.1, -0.05) is 32.9 Å². The van der Waals surface area contributed by atoms with Crippen molar-refractivity contribution in [1.29, 1.82) is 0 Å². The number of aliphatic hydroxyl groups is 3. The molecule has 0 unspecified atom stereocenters. The fourth-order valence-corrected chi connectivity index (χ4v) is 6.85. The molecular weight excluding hydrogens is 360 g/mol. The summed E-state index contributed by atoms with van der Waals surface area (Å²) < 4.78 is 5.83. The molecule has 3 N–H and O–H groups in total. The monoisotopic (exact) mass is 390 g/mol. The zero-order valence-electron chi connectivity index (χ0n) is 17.2. The number of ether oxygens (including phenoxy) is 1. The average molecular weight is 390 g/mol. The molecule has 2 fully saturated rings. The van der Waals surface area contributed by atoms with Crippen LogP contribution in [0.4, 0.5) is 0 Å². The van der Waals surface area contributed by atoms with E-state index in [4.69, 9.17) is 4.74 Å². The van der Waals surface area contributed by atoms with Crippen molar-refractivity contribution in [2.24, 2.45) is 29.1 Å². The number of hydrogen-bond acceptors (Lipinski definition) is 6. The lowest BCUT2D eigenvalue weighted by Gasteiger charge is -2.50. The molecule has 0 amide bonds. The van der Waals surface area contributed by atoms with Crippen molar-refractivity contribution in [3.8, 4) is 0 Å². The lowest BCUT2D eigenvalue weighted by Crippen LogP contribution is -2.61. The highest BCUT2D eigenvalue weighted by molar-refractivity contribution is 6.04. The van der Waals surface area contributed by atoms with Crippen LogP contribution in [-0.2, 0) is 14.3 Å². The maximum Gasteiger partial charge on any atom is 0.303 e. The molecule has 0 bridgehead atoms. The maximum atomic E-state index is 12.8. The standard InChI is InChI=1S/C22H30O6/c1-11-6-16-20(26,18(11)25)9-14(10-23)7-15-17-19(4,5)21(17,28-13(3)24)8-12(2)22(15,16)27/h6-7,12,15-17,23,26-27H,8-10H2,1-5H3/t12-,15+,16+,17+,20-,21-,22-/m0/s1. The topological polar surface area (TPSA) is 104 Å². The number of fused-ring (bicyclic) bond motifs is 5. The zero-order chi connectivity index (χ0) is 20.9. The first kappa shape index (κ1) is 19.8. The smallest absolute Gasteiger partial charge is 0.303 e. The molecule has 154 valence electrons. The molecule has 0 spiro atoms. The van der Waals surface area contributed by atoms with Crippen molar-refractivity contribution < 1.29 is 29.6 Å². The van der Waals surface area contributed by atoms with Crippen LogP contribution in [0.5, 0.6) is 0 Å². The minimum Gasteiger partial charge on any atom is -0.458 e. The molecule has 0 heterocycles. The lowest BCUT2D eigenvalue weighted by atomic mass is 9.60. The Labute approximate surface area is 165 Å². The van der Waals surface area contributed by atoms with E-state index in [1.54, 1.807) is 13.0 Å². The summed E-state index contributed by atoms with van der Waals surface area (Å²) in [7, 11) is 0. The minimum atomic E-state index is -1.75. The third-order valence-electron chi connectivity index (χ3n) is 8.20. The molecule has 2 saturated carbocycles. The van der Waals surface area contributed by atoms with Gasteiger partial charge in [0.1, 0.15) is 11.2 Å². The average Bonchev–Trinajstić information content (AvgIpc) is 2.99. The second kappa shape index (κ2) is 5.55. The number of carbonyl (C=O) groups is 2. The van der Waals surface area contributed by atoms with Gasteiger partial charge in [-0.05, 0) is 30.4 Å². The predicted molar refractivity (Wildman–Crippen MR) is 101 cm³/mol. The van der Waals surface area contributed by atoms with Gasteiger partial charge in [0.15, 0.2) is 5.78 Å². The Morgan fingerprint density at radius 1 is 1.29 bits per heavy atom. The van der Waals surface area contributed by atoms with Crippen LogP contribution in [0.25, 0.3) is 0 Å². The molecule has 4 aliphatic rings. The van der Waals surface area contributed by atoms with Crippen LogP contribution < -0.4 is 0 Å². The molecule has 0 aromatic rings. The molecule has 0 saturated heterocycles. The van der Waals surface area contributed by atoms with Gasteiger partial charge in [0, 0.05) is 36.5 Å². The molecule has 0 radical (unpaired) electrons. The number of aliphatic hydroxyl groups excluding tert-OH is 1. The number of rotatable bonds is 2. The van der Waals surface area contributed by atoms with Gasteiger partial charge < -0.3 is 20.1 Å². The van der Waals surface area contributed by atoms with Crippen LogP contribution >= 0.6 is 0 Å². The van der Waals surface area contributed by atoms with E-state index >= 15 is 0 Å². The summed E-state index contributed by atoms with van der Waals surface area (Å²) in [5, 5.41) is 33.4. The van der Waals surface area contributed by atoms with Gasteiger partial charge in [-0.15, -0.1) is 0 Å². The van der Waals surface area contributed by atoms with E-state index in [0.29, 0.717) is 17.6 Å². The molecule has 4 rings (SSSR count). The Bertz CT molecular complexity index is 825. The van der Waals surface area contributed by atoms with E-state index in [1.807, 2.05) is 26.8 Å². The van der Waals surface area contributed by atoms with Crippen molar-refractivity contribution in [3.63, 3.8) is 0 Å². The maximum absolute atomic E-state index is 12.8. The van der Waals surface area contributed by atoms with Gasteiger partial charge in [-0.25, -0.2) is 0 Å². The van der Waals surface area contributed by atoms with Crippen molar-refractivity contribution in [2.45, 2.75) is 64.3 Å². The highest BCUT2D eigenvalue weighted by Crippen LogP contribution is 2.76. The Balaban J connectivity index is 1.90. The predicted octanol–water partition coefficient (Wildman–Crippen LogP) is 1.53. The lowest BCUT2D eigenvalue weighted by molar-refractivity contribution is -0.186. The zero-order valence-corrected chi connectivity index (χ0v) is 17.2. The normalized spacial score (nSPS) is 48.5.